The lowest BCUT2D eigenvalue weighted by atomic mass is 10.3. The summed E-state index contributed by atoms with van der Waals surface area (Å²) in [6.07, 6.45) is 1.53. The highest BCUT2D eigenvalue weighted by Gasteiger charge is 2.09. The summed E-state index contributed by atoms with van der Waals surface area (Å²) in [6, 6.07) is 3.68. The molecule has 0 aliphatic rings. The van der Waals surface area contributed by atoms with E-state index in [1.165, 1.54) is 0 Å². The van der Waals surface area contributed by atoms with E-state index in [1.54, 1.807) is 0 Å². The average Bonchev–Trinajstić information content (AvgIpc) is 2.76. The largest absolute Gasteiger partial charge is 0.339 e. The Bertz CT molecular complexity index is 450. The quantitative estimate of drug-likeness (QED) is 0.815. The van der Waals surface area contributed by atoms with Gasteiger partial charge in [0.2, 0.25) is 11.7 Å². The normalized spacial score (nSPS) is 10.6. The van der Waals surface area contributed by atoms with Crippen molar-refractivity contribution in [1.82, 2.24) is 20.3 Å². The second-order valence-electron chi connectivity index (χ2n) is 3.46. The van der Waals surface area contributed by atoms with Gasteiger partial charge in [-0.2, -0.15) is 10.1 Å². The zero-order valence-electron chi connectivity index (χ0n) is 9.05. The molecule has 0 aliphatic carbocycles. The third kappa shape index (κ3) is 2.40. The topological polar surface area (TPSA) is 90.7 Å². The molecule has 0 saturated heterocycles. The summed E-state index contributed by atoms with van der Waals surface area (Å²) in [5.74, 6) is 1.06. The third-order valence-electron chi connectivity index (χ3n) is 2.09. The maximum atomic E-state index is 5.40. The Labute approximate surface area is 92.9 Å². The number of rotatable bonds is 4. The fourth-order valence-corrected chi connectivity index (χ4v) is 1.23. The van der Waals surface area contributed by atoms with E-state index in [0.717, 1.165) is 12.1 Å². The van der Waals surface area contributed by atoms with Crippen LogP contribution >= 0.6 is 0 Å². The van der Waals surface area contributed by atoms with Crippen LogP contribution in [0.1, 0.15) is 18.0 Å². The number of aromatic nitrogens is 4. The van der Waals surface area contributed by atoms with Crippen LogP contribution in [0.5, 0.6) is 0 Å². The van der Waals surface area contributed by atoms with Gasteiger partial charge in [-0.3, -0.25) is 0 Å². The first-order valence-electron chi connectivity index (χ1n) is 5.13. The maximum absolute atomic E-state index is 5.40. The molecule has 2 heterocycles. The molecule has 84 valence electrons. The molecule has 0 aliphatic heterocycles. The maximum Gasteiger partial charge on any atom is 0.227 e. The van der Waals surface area contributed by atoms with Gasteiger partial charge in [-0.15, -0.1) is 5.10 Å². The van der Waals surface area contributed by atoms with Crippen molar-refractivity contribution in [2.75, 3.05) is 6.54 Å². The molecule has 0 unspecified atom stereocenters. The van der Waals surface area contributed by atoms with E-state index in [0.29, 0.717) is 30.4 Å². The summed E-state index contributed by atoms with van der Waals surface area (Å²) in [6.45, 7) is 2.49. The lowest BCUT2D eigenvalue weighted by Crippen LogP contribution is -2.00. The summed E-state index contributed by atoms with van der Waals surface area (Å²) in [7, 11) is 0. The third-order valence-corrected chi connectivity index (χ3v) is 2.09. The van der Waals surface area contributed by atoms with E-state index < -0.39 is 0 Å². The Morgan fingerprint density at radius 2 is 2.19 bits per heavy atom. The molecule has 0 saturated carbocycles. The predicted octanol–water partition coefficient (Wildman–Crippen LogP) is 0.726. The molecular formula is C10H13N5O. The smallest absolute Gasteiger partial charge is 0.227 e. The van der Waals surface area contributed by atoms with E-state index in [2.05, 4.69) is 20.3 Å². The Kier molecular flexibility index (Phi) is 3.21. The Morgan fingerprint density at radius 3 is 2.88 bits per heavy atom. The monoisotopic (exact) mass is 219 g/mol. The Balaban J connectivity index is 2.15. The van der Waals surface area contributed by atoms with E-state index in [4.69, 9.17) is 10.3 Å². The number of nitrogens with zero attached hydrogens (tertiary/aromatic N) is 4. The molecule has 6 heteroatoms. The molecule has 0 fully saturated rings. The highest BCUT2D eigenvalue weighted by Crippen LogP contribution is 2.12. The van der Waals surface area contributed by atoms with E-state index in [1.807, 2.05) is 19.1 Å². The zero-order chi connectivity index (χ0) is 11.4. The second kappa shape index (κ2) is 4.80. The highest BCUT2D eigenvalue weighted by atomic mass is 16.5. The van der Waals surface area contributed by atoms with Gasteiger partial charge in [0.25, 0.3) is 0 Å². The summed E-state index contributed by atoms with van der Waals surface area (Å²) < 4.78 is 5.07. The first-order valence-corrected chi connectivity index (χ1v) is 5.13. The molecule has 16 heavy (non-hydrogen) atoms. The number of nitrogens with two attached hydrogens (primary N) is 1. The number of hydrogen-bond donors (Lipinski definition) is 1. The minimum atomic E-state index is 0.472. The van der Waals surface area contributed by atoms with Crippen LogP contribution in [0.15, 0.2) is 16.7 Å². The van der Waals surface area contributed by atoms with Gasteiger partial charge in [0.05, 0.1) is 5.69 Å². The molecule has 2 aromatic rings. The summed E-state index contributed by atoms with van der Waals surface area (Å²) in [4.78, 5) is 4.21. The van der Waals surface area contributed by atoms with Gasteiger partial charge in [0, 0.05) is 6.42 Å². The van der Waals surface area contributed by atoms with Crippen molar-refractivity contribution in [1.29, 1.82) is 0 Å². The van der Waals surface area contributed by atoms with Crippen LogP contribution in [0.3, 0.4) is 0 Å². The van der Waals surface area contributed by atoms with Crippen LogP contribution < -0.4 is 5.73 Å². The first-order chi connectivity index (χ1) is 7.79. The van der Waals surface area contributed by atoms with Gasteiger partial charge in [-0.05, 0) is 32.0 Å². The molecule has 0 spiro atoms. The number of hydrogen-bond acceptors (Lipinski definition) is 6. The Morgan fingerprint density at radius 1 is 1.31 bits per heavy atom. The first kappa shape index (κ1) is 10.7. The van der Waals surface area contributed by atoms with E-state index in [9.17, 15) is 0 Å². The van der Waals surface area contributed by atoms with Gasteiger partial charge in [0.15, 0.2) is 0 Å². The molecular weight excluding hydrogens is 206 g/mol. The van der Waals surface area contributed by atoms with Crippen LogP contribution in [-0.4, -0.2) is 26.9 Å². The van der Waals surface area contributed by atoms with Crippen molar-refractivity contribution in [3.8, 4) is 11.5 Å². The molecule has 6 nitrogen and oxygen atoms in total. The minimum absolute atomic E-state index is 0.472. The lowest BCUT2D eigenvalue weighted by molar-refractivity contribution is 0.376. The molecule has 2 N–H and O–H groups in total. The van der Waals surface area contributed by atoms with Gasteiger partial charge in [0.1, 0.15) is 5.69 Å². The van der Waals surface area contributed by atoms with Crippen LogP contribution in [-0.2, 0) is 6.42 Å². The van der Waals surface area contributed by atoms with Gasteiger partial charge in [-0.1, -0.05) is 5.16 Å². The molecule has 2 aromatic heterocycles. The lowest BCUT2D eigenvalue weighted by Gasteiger charge is -1.92. The summed E-state index contributed by atoms with van der Waals surface area (Å²) >= 11 is 0. The summed E-state index contributed by atoms with van der Waals surface area (Å²) in [5.41, 5.74) is 6.87. The van der Waals surface area contributed by atoms with Crippen molar-refractivity contribution in [3.63, 3.8) is 0 Å². The summed E-state index contributed by atoms with van der Waals surface area (Å²) in [5, 5.41) is 11.8. The second-order valence-corrected chi connectivity index (χ2v) is 3.46. The Hall–Kier alpha value is -1.82. The molecule has 0 radical (unpaired) electrons. The van der Waals surface area contributed by atoms with Gasteiger partial charge in [-0.25, -0.2) is 0 Å². The van der Waals surface area contributed by atoms with Gasteiger partial charge >= 0.3 is 0 Å². The average molecular weight is 219 g/mol. The number of aryl methyl sites for hydroxylation is 2. The SMILES string of the molecule is Cc1ccc(-c2noc(CCCN)n2)nn1. The van der Waals surface area contributed by atoms with Crippen LogP contribution in [0.2, 0.25) is 0 Å². The fourth-order valence-electron chi connectivity index (χ4n) is 1.23. The molecule has 0 amide bonds. The van der Waals surface area contributed by atoms with Crippen molar-refractivity contribution < 1.29 is 4.52 Å². The van der Waals surface area contributed by atoms with Crippen molar-refractivity contribution >= 4 is 0 Å². The van der Waals surface area contributed by atoms with Crippen molar-refractivity contribution in [2.24, 2.45) is 5.73 Å². The van der Waals surface area contributed by atoms with E-state index in [-0.39, 0.29) is 0 Å². The van der Waals surface area contributed by atoms with Crippen molar-refractivity contribution in [2.45, 2.75) is 19.8 Å². The standard InChI is InChI=1S/C10H13N5O/c1-7-4-5-8(14-13-7)10-12-9(16-15-10)3-2-6-11/h4-5H,2-3,6,11H2,1H3. The molecule has 0 atom stereocenters. The fraction of sp³-hybridized carbons (Fsp3) is 0.400. The van der Waals surface area contributed by atoms with Crippen LogP contribution in [0.4, 0.5) is 0 Å². The van der Waals surface area contributed by atoms with Crippen molar-refractivity contribution in [3.05, 3.63) is 23.7 Å². The molecule has 0 bridgehead atoms. The minimum Gasteiger partial charge on any atom is -0.339 e. The van der Waals surface area contributed by atoms with Crippen LogP contribution in [0.25, 0.3) is 11.5 Å². The predicted molar refractivity (Wildman–Crippen MR) is 57.4 cm³/mol. The zero-order valence-corrected chi connectivity index (χ0v) is 9.05. The van der Waals surface area contributed by atoms with Crippen LogP contribution in [0, 0.1) is 6.92 Å². The van der Waals surface area contributed by atoms with E-state index >= 15 is 0 Å². The highest BCUT2D eigenvalue weighted by molar-refractivity contribution is 5.46. The molecule has 0 aromatic carbocycles. The molecule has 2 rings (SSSR count). The van der Waals surface area contributed by atoms with Gasteiger partial charge < -0.3 is 10.3 Å².